The van der Waals surface area contributed by atoms with Crippen LogP contribution in [0.3, 0.4) is 0 Å². The molecule has 0 saturated heterocycles. The van der Waals surface area contributed by atoms with Gasteiger partial charge in [0, 0.05) is 11.6 Å². The standard InChI is InChI=1S/C15H20ClNO4/c1-4-21-12-6-5-10(16)7-11(12)14(20)17-9-15(2,3)8-13(18)19/h5-7H,4,8-9H2,1-3H3,(H,17,20)(H,18,19). The van der Waals surface area contributed by atoms with Crippen molar-refractivity contribution in [1.29, 1.82) is 0 Å². The van der Waals surface area contributed by atoms with E-state index >= 15 is 0 Å². The van der Waals surface area contributed by atoms with E-state index in [1.165, 1.54) is 6.07 Å². The SMILES string of the molecule is CCOc1ccc(Cl)cc1C(=O)NCC(C)(C)CC(=O)O. The molecule has 1 amide bonds. The molecule has 0 unspecified atom stereocenters. The highest BCUT2D eigenvalue weighted by molar-refractivity contribution is 6.31. The lowest BCUT2D eigenvalue weighted by atomic mass is 9.89. The van der Waals surface area contributed by atoms with E-state index in [4.69, 9.17) is 21.4 Å². The summed E-state index contributed by atoms with van der Waals surface area (Å²) < 4.78 is 5.40. The van der Waals surface area contributed by atoms with Gasteiger partial charge in [0.25, 0.3) is 5.91 Å². The molecule has 5 nitrogen and oxygen atoms in total. The number of benzene rings is 1. The Morgan fingerprint density at radius 3 is 2.62 bits per heavy atom. The van der Waals surface area contributed by atoms with Gasteiger partial charge in [0.15, 0.2) is 0 Å². The highest BCUT2D eigenvalue weighted by Crippen LogP contribution is 2.24. The van der Waals surface area contributed by atoms with Gasteiger partial charge in [-0.2, -0.15) is 0 Å². The maximum Gasteiger partial charge on any atom is 0.303 e. The molecule has 0 aromatic heterocycles. The Balaban J connectivity index is 2.80. The molecule has 21 heavy (non-hydrogen) atoms. The third-order valence-corrected chi connectivity index (χ3v) is 3.08. The molecule has 0 atom stereocenters. The van der Waals surface area contributed by atoms with Crippen LogP contribution in [0.5, 0.6) is 5.75 Å². The number of amides is 1. The molecule has 116 valence electrons. The number of carbonyl (C=O) groups excluding carboxylic acids is 1. The lowest BCUT2D eigenvalue weighted by molar-refractivity contribution is -0.139. The second-order valence-corrected chi connectivity index (χ2v) is 5.93. The Hall–Kier alpha value is -1.75. The minimum atomic E-state index is -0.896. The van der Waals surface area contributed by atoms with E-state index in [9.17, 15) is 9.59 Å². The quantitative estimate of drug-likeness (QED) is 0.811. The van der Waals surface area contributed by atoms with Crippen LogP contribution >= 0.6 is 11.6 Å². The van der Waals surface area contributed by atoms with Crippen molar-refractivity contribution >= 4 is 23.5 Å². The molecule has 0 aliphatic carbocycles. The summed E-state index contributed by atoms with van der Waals surface area (Å²) in [5, 5.41) is 12.0. The minimum absolute atomic E-state index is 0.0266. The average molecular weight is 314 g/mol. The van der Waals surface area contributed by atoms with Gasteiger partial charge >= 0.3 is 5.97 Å². The Morgan fingerprint density at radius 1 is 1.38 bits per heavy atom. The predicted molar refractivity (Wildman–Crippen MR) is 81.0 cm³/mol. The first-order valence-corrected chi connectivity index (χ1v) is 7.05. The smallest absolute Gasteiger partial charge is 0.303 e. The summed E-state index contributed by atoms with van der Waals surface area (Å²) >= 11 is 5.91. The normalized spacial score (nSPS) is 11.0. The number of nitrogens with one attached hydrogen (secondary N) is 1. The maximum absolute atomic E-state index is 12.2. The van der Waals surface area contributed by atoms with Gasteiger partial charge in [-0.05, 0) is 30.5 Å². The van der Waals surface area contributed by atoms with Gasteiger partial charge in [-0.3, -0.25) is 9.59 Å². The van der Waals surface area contributed by atoms with Crippen molar-refractivity contribution in [3.8, 4) is 5.75 Å². The molecule has 0 fully saturated rings. The van der Waals surface area contributed by atoms with E-state index in [1.807, 2.05) is 6.92 Å². The molecule has 1 aromatic rings. The monoisotopic (exact) mass is 313 g/mol. The fraction of sp³-hybridized carbons (Fsp3) is 0.467. The number of carboxylic acids is 1. The molecule has 2 N–H and O–H groups in total. The lowest BCUT2D eigenvalue weighted by Crippen LogP contribution is -2.35. The predicted octanol–water partition coefficient (Wildman–Crippen LogP) is 2.97. The molecule has 6 heteroatoms. The van der Waals surface area contributed by atoms with E-state index in [0.29, 0.717) is 22.9 Å². The van der Waals surface area contributed by atoms with Gasteiger partial charge in [0.2, 0.25) is 0 Å². The first-order chi connectivity index (χ1) is 9.75. The molecule has 0 aliphatic rings. The number of carbonyl (C=O) groups is 2. The Bertz CT molecular complexity index is 528. The summed E-state index contributed by atoms with van der Waals surface area (Å²) in [6, 6.07) is 4.83. The summed E-state index contributed by atoms with van der Waals surface area (Å²) in [4.78, 5) is 23.0. The van der Waals surface area contributed by atoms with Crippen molar-refractivity contribution in [2.24, 2.45) is 5.41 Å². The van der Waals surface area contributed by atoms with E-state index in [2.05, 4.69) is 5.32 Å². The number of aliphatic carboxylic acids is 1. The molecule has 0 radical (unpaired) electrons. The van der Waals surface area contributed by atoms with Crippen LogP contribution in [0.1, 0.15) is 37.6 Å². The van der Waals surface area contributed by atoms with E-state index in [0.717, 1.165) is 0 Å². The molecule has 0 aliphatic heterocycles. The summed E-state index contributed by atoms with van der Waals surface area (Å²) in [5.41, 5.74) is -0.193. The second-order valence-electron chi connectivity index (χ2n) is 5.49. The molecule has 0 heterocycles. The van der Waals surface area contributed by atoms with Crippen LogP contribution in [0.2, 0.25) is 5.02 Å². The van der Waals surface area contributed by atoms with Gasteiger partial charge in [0.1, 0.15) is 5.75 Å². The molecule has 0 saturated carbocycles. The molecular formula is C15H20ClNO4. The largest absolute Gasteiger partial charge is 0.493 e. The number of hydrogen-bond acceptors (Lipinski definition) is 3. The van der Waals surface area contributed by atoms with Crippen molar-refractivity contribution in [3.63, 3.8) is 0 Å². The van der Waals surface area contributed by atoms with E-state index in [1.54, 1.807) is 26.0 Å². The van der Waals surface area contributed by atoms with Crippen molar-refractivity contribution in [2.45, 2.75) is 27.2 Å². The van der Waals surface area contributed by atoms with E-state index in [-0.39, 0.29) is 18.9 Å². The Kier molecular flexibility index (Phi) is 6.03. The maximum atomic E-state index is 12.2. The van der Waals surface area contributed by atoms with Crippen molar-refractivity contribution < 1.29 is 19.4 Å². The number of hydrogen-bond donors (Lipinski definition) is 2. The average Bonchev–Trinajstić information content (AvgIpc) is 2.37. The minimum Gasteiger partial charge on any atom is -0.493 e. The summed E-state index contributed by atoms with van der Waals surface area (Å²) in [5.74, 6) is -0.776. The summed E-state index contributed by atoms with van der Waals surface area (Å²) in [7, 11) is 0. The Labute approximate surface area is 129 Å². The highest BCUT2D eigenvalue weighted by atomic mass is 35.5. The van der Waals surface area contributed by atoms with Crippen molar-refractivity contribution in [2.75, 3.05) is 13.2 Å². The zero-order valence-corrected chi connectivity index (χ0v) is 13.2. The number of rotatable bonds is 7. The van der Waals surface area contributed by atoms with Crippen molar-refractivity contribution in [1.82, 2.24) is 5.32 Å². The zero-order chi connectivity index (χ0) is 16.0. The van der Waals surface area contributed by atoms with Gasteiger partial charge in [-0.1, -0.05) is 25.4 Å². The first kappa shape index (κ1) is 17.3. The van der Waals surface area contributed by atoms with Gasteiger partial charge in [-0.15, -0.1) is 0 Å². The molecule has 1 aromatic carbocycles. The summed E-state index contributed by atoms with van der Waals surface area (Å²) in [6.45, 7) is 6.07. The van der Waals surface area contributed by atoms with Crippen LogP contribution in [-0.4, -0.2) is 30.1 Å². The van der Waals surface area contributed by atoms with Gasteiger partial charge in [0.05, 0.1) is 18.6 Å². The molecular weight excluding hydrogens is 294 g/mol. The first-order valence-electron chi connectivity index (χ1n) is 6.67. The second kappa shape index (κ2) is 7.31. The molecule has 0 spiro atoms. The van der Waals surface area contributed by atoms with Crippen LogP contribution in [0, 0.1) is 5.41 Å². The van der Waals surface area contributed by atoms with Crippen LogP contribution in [0.4, 0.5) is 0 Å². The highest BCUT2D eigenvalue weighted by Gasteiger charge is 2.23. The molecule has 1 rings (SSSR count). The summed E-state index contributed by atoms with van der Waals surface area (Å²) in [6.07, 6.45) is -0.0266. The van der Waals surface area contributed by atoms with Crippen molar-refractivity contribution in [3.05, 3.63) is 28.8 Å². The fourth-order valence-corrected chi connectivity index (χ4v) is 2.02. The third-order valence-electron chi connectivity index (χ3n) is 2.84. The van der Waals surface area contributed by atoms with Crippen LogP contribution < -0.4 is 10.1 Å². The number of carboxylic acid groups (broad SMARTS) is 1. The lowest BCUT2D eigenvalue weighted by Gasteiger charge is -2.23. The topological polar surface area (TPSA) is 75.6 Å². The molecule has 0 bridgehead atoms. The zero-order valence-electron chi connectivity index (χ0n) is 12.4. The van der Waals surface area contributed by atoms with Gasteiger partial charge in [-0.25, -0.2) is 0 Å². The number of ether oxygens (including phenoxy) is 1. The van der Waals surface area contributed by atoms with Crippen LogP contribution in [-0.2, 0) is 4.79 Å². The third kappa shape index (κ3) is 5.63. The Morgan fingerprint density at radius 2 is 2.05 bits per heavy atom. The van der Waals surface area contributed by atoms with E-state index < -0.39 is 11.4 Å². The van der Waals surface area contributed by atoms with Crippen LogP contribution in [0.25, 0.3) is 0 Å². The number of halogens is 1. The van der Waals surface area contributed by atoms with Crippen LogP contribution in [0.15, 0.2) is 18.2 Å². The van der Waals surface area contributed by atoms with Gasteiger partial charge < -0.3 is 15.2 Å². The fourth-order valence-electron chi connectivity index (χ4n) is 1.85.